The molecule has 3 heterocycles. The summed E-state index contributed by atoms with van der Waals surface area (Å²) in [6.45, 7) is 10.3. The van der Waals surface area contributed by atoms with Gasteiger partial charge in [-0.1, -0.05) is 45.4 Å². The van der Waals surface area contributed by atoms with Crippen LogP contribution in [-0.2, 0) is 35.6 Å². The Bertz CT molecular complexity index is 1800. The molecule has 2 aliphatic carbocycles. The van der Waals surface area contributed by atoms with Crippen molar-refractivity contribution in [3.8, 4) is 5.88 Å². The molecule has 6 rings (SSSR count). The SMILES string of the molecule is C=C[C@H]1C[C@]1(CC(=O)[C@@H]1C[C@@H]2CN1C(=O)[C@H](C(C)(C)C)CC(=O)N(C)CCCCCc1ccc3ccnc(c3c1)O2)C(=O)NS(=O)(=O)C1CC1. The van der Waals surface area contributed by atoms with Crippen LogP contribution in [0.1, 0.15) is 84.1 Å². The number of sulfonamides is 1. The predicted molar refractivity (Wildman–Crippen MR) is 189 cm³/mol. The van der Waals surface area contributed by atoms with Gasteiger partial charge in [0.1, 0.15) is 6.10 Å². The number of benzene rings is 1. The first kappa shape index (κ1) is 36.0. The fraction of sp³-hybridized carbons (Fsp3) is 0.605. The van der Waals surface area contributed by atoms with Crippen LogP contribution in [0, 0.1) is 22.7 Å². The van der Waals surface area contributed by atoms with Crippen LogP contribution >= 0.6 is 0 Å². The van der Waals surface area contributed by atoms with E-state index in [0.717, 1.165) is 42.0 Å². The van der Waals surface area contributed by atoms with Gasteiger partial charge in [0.15, 0.2) is 5.78 Å². The van der Waals surface area contributed by atoms with Gasteiger partial charge in [0, 0.05) is 44.4 Å². The molecule has 1 N–H and O–H groups in total. The van der Waals surface area contributed by atoms with Crippen molar-refractivity contribution in [1.82, 2.24) is 19.5 Å². The summed E-state index contributed by atoms with van der Waals surface area (Å²) in [5.41, 5.74) is -0.702. The van der Waals surface area contributed by atoms with Crippen molar-refractivity contribution in [2.24, 2.45) is 22.7 Å². The summed E-state index contributed by atoms with van der Waals surface area (Å²) < 4.78 is 34.2. The summed E-state index contributed by atoms with van der Waals surface area (Å²) in [6.07, 6.45) is 7.55. The molecule has 270 valence electrons. The highest BCUT2D eigenvalue weighted by atomic mass is 32.2. The van der Waals surface area contributed by atoms with Crippen molar-refractivity contribution in [2.75, 3.05) is 20.1 Å². The number of nitrogens with one attached hydrogen (secondary N) is 1. The van der Waals surface area contributed by atoms with E-state index in [1.165, 1.54) is 4.90 Å². The van der Waals surface area contributed by atoms with Crippen LogP contribution in [0.3, 0.4) is 0 Å². The molecule has 2 saturated carbocycles. The largest absolute Gasteiger partial charge is 0.472 e. The fourth-order valence-corrected chi connectivity index (χ4v) is 9.00. The van der Waals surface area contributed by atoms with Gasteiger partial charge in [-0.3, -0.25) is 23.9 Å². The van der Waals surface area contributed by atoms with Crippen LogP contribution in [0.25, 0.3) is 10.8 Å². The first-order chi connectivity index (χ1) is 23.6. The van der Waals surface area contributed by atoms with Gasteiger partial charge in [-0.05, 0) is 72.9 Å². The Morgan fingerprint density at radius 1 is 1.14 bits per heavy atom. The van der Waals surface area contributed by atoms with E-state index in [1.807, 2.05) is 32.9 Å². The number of allylic oxidation sites excluding steroid dienone is 1. The van der Waals surface area contributed by atoms with Gasteiger partial charge in [0.2, 0.25) is 33.6 Å². The number of hydrogen-bond donors (Lipinski definition) is 1. The average Bonchev–Trinajstić information content (AvgIpc) is 3.99. The molecular weight excluding hydrogens is 657 g/mol. The second kappa shape index (κ2) is 13.7. The summed E-state index contributed by atoms with van der Waals surface area (Å²) in [5, 5.41) is 1.24. The lowest BCUT2D eigenvalue weighted by molar-refractivity contribution is -0.148. The van der Waals surface area contributed by atoms with E-state index in [-0.39, 0.29) is 49.3 Å². The number of fused-ring (bicyclic) bond motifs is 3. The number of rotatable bonds is 7. The maximum Gasteiger partial charge on any atom is 0.240 e. The molecular formula is C38H50N4O7S. The summed E-state index contributed by atoms with van der Waals surface area (Å²) in [4.78, 5) is 63.8. The maximum atomic E-state index is 14.6. The number of ether oxygens (including phenoxy) is 1. The quantitative estimate of drug-likeness (QED) is 0.413. The molecule has 3 amide bonds. The van der Waals surface area contributed by atoms with Crippen molar-refractivity contribution in [3.05, 3.63) is 48.7 Å². The molecule has 11 nitrogen and oxygen atoms in total. The van der Waals surface area contributed by atoms with E-state index in [4.69, 9.17) is 4.74 Å². The molecule has 0 unspecified atom stereocenters. The minimum Gasteiger partial charge on any atom is -0.472 e. The molecule has 12 heteroatoms. The van der Waals surface area contributed by atoms with Gasteiger partial charge >= 0.3 is 0 Å². The van der Waals surface area contributed by atoms with Crippen LogP contribution in [0.4, 0.5) is 0 Å². The lowest BCUT2D eigenvalue weighted by Gasteiger charge is -2.35. The lowest BCUT2D eigenvalue weighted by atomic mass is 9.77. The Balaban J connectivity index is 1.33. The normalized spacial score (nSPS) is 28.2. The first-order valence-corrected chi connectivity index (χ1v) is 19.5. The average molecular weight is 707 g/mol. The topological polar surface area (TPSA) is 143 Å². The maximum absolute atomic E-state index is 14.6. The predicted octanol–water partition coefficient (Wildman–Crippen LogP) is 4.58. The number of nitrogens with zero attached hydrogens (tertiary/aromatic N) is 3. The molecule has 5 atom stereocenters. The molecule has 1 aromatic carbocycles. The Morgan fingerprint density at radius 2 is 1.90 bits per heavy atom. The third-order valence-electron chi connectivity index (χ3n) is 11.2. The summed E-state index contributed by atoms with van der Waals surface area (Å²) in [5.74, 6) is -2.14. The molecule has 3 fully saturated rings. The van der Waals surface area contributed by atoms with Crippen molar-refractivity contribution in [2.45, 2.75) is 102 Å². The molecule has 2 aromatic rings. The Morgan fingerprint density at radius 3 is 2.58 bits per heavy atom. The second-order valence-electron chi connectivity index (χ2n) is 15.9. The number of hydrogen-bond acceptors (Lipinski definition) is 8. The third kappa shape index (κ3) is 7.45. The van der Waals surface area contributed by atoms with Crippen LogP contribution in [0.15, 0.2) is 43.1 Å². The molecule has 4 bridgehead atoms. The minimum absolute atomic E-state index is 0.00287. The van der Waals surface area contributed by atoms with E-state index in [1.54, 1.807) is 24.2 Å². The standard InChI is InChI=1S/C38H50N4O7S/c1-6-26-21-38(26,36(46)40-50(47,48)28-13-14-28)22-32(43)31-19-27-23-42(31)35(45)30(37(2,3)4)20-33(44)41(5)17-9-7-8-10-24-11-12-25-15-16-39-34(49-27)29(25)18-24/h6,11-12,15-16,18,26-28,30-31H,1,7-10,13-14,17,19-23H2,2-5H3,(H,40,46)/t26-,27+,30+,31-,38+/m0/s1. The van der Waals surface area contributed by atoms with Crippen molar-refractivity contribution in [3.63, 3.8) is 0 Å². The molecule has 50 heavy (non-hydrogen) atoms. The number of amides is 3. The summed E-state index contributed by atoms with van der Waals surface area (Å²) in [6, 6.07) is 7.23. The summed E-state index contributed by atoms with van der Waals surface area (Å²) in [7, 11) is -2.05. The zero-order valence-corrected chi connectivity index (χ0v) is 30.5. The number of carbonyl (C=O) groups is 4. The van der Waals surface area contributed by atoms with Crippen LogP contribution in [-0.4, -0.2) is 84.2 Å². The third-order valence-corrected chi connectivity index (χ3v) is 13.0. The van der Waals surface area contributed by atoms with Crippen LogP contribution in [0.2, 0.25) is 0 Å². The summed E-state index contributed by atoms with van der Waals surface area (Å²) >= 11 is 0. The number of aromatic nitrogens is 1. The van der Waals surface area contributed by atoms with Gasteiger partial charge in [-0.25, -0.2) is 13.4 Å². The van der Waals surface area contributed by atoms with E-state index < -0.39 is 50.1 Å². The van der Waals surface area contributed by atoms with Crippen molar-refractivity contribution < 1.29 is 32.3 Å². The van der Waals surface area contributed by atoms with Crippen molar-refractivity contribution in [1.29, 1.82) is 0 Å². The Labute approximate surface area is 295 Å². The zero-order valence-electron chi connectivity index (χ0n) is 29.7. The highest BCUT2D eigenvalue weighted by Gasteiger charge is 2.61. The van der Waals surface area contributed by atoms with Crippen LogP contribution in [0.5, 0.6) is 5.88 Å². The van der Waals surface area contributed by atoms with Gasteiger partial charge in [0.25, 0.3) is 0 Å². The number of carbonyl (C=O) groups excluding carboxylic acids is 4. The van der Waals surface area contributed by atoms with E-state index in [9.17, 15) is 27.6 Å². The van der Waals surface area contributed by atoms with Gasteiger partial charge in [-0.15, -0.1) is 6.58 Å². The molecule has 0 radical (unpaired) electrons. The lowest BCUT2D eigenvalue weighted by Crippen LogP contribution is -2.49. The van der Waals surface area contributed by atoms with E-state index in [0.29, 0.717) is 31.7 Å². The highest BCUT2D eigenvalue weighted by Crippen LogP contribution is 2.57. The molecule has 1 saturated heterocycles. The molecule has 0 spiro atoms. The van der Waals surface area contributed by atoms with Gasteiger partial charge in [-0.2, -0.15) is 0 Å². The molecule has 2 aliphatic heterocycles. The number of ketones is 1. The van der Waals surface area contributed by atoms with Gasteiger partial charge < -0.3 is 14.5 Å². The monoisotopic (exact) mass is 706 g/mol. The van der Waals surface area contributed by atoms with Crippen LogP contribution < -0.4 is 9.46 Å². The number of aryl methyl sites for hydroxylation is 1. The van der Waals surface area contributed by atoms with E-state index >= 15 is 0 Å². The number of pyridine rings is 1. The Hall–Kier alpha value is -3.80. The zero-order chi connectivity index (χ0) is 36.0. The molecule has 1 aromatic heterocycles. The first-order valence-electron chi connectivity index (χ1n) is 17.9. The van der Waals surface area contributed by atoms with Crippen molar-refractivity contribution >= 4 is 44.3 Å². The second-order valence-corrected chi connectivity index (χ2v) is 17.9. The number of Topliss-reactive ketones (excluding diaryl/α,β-unsaturated/α-hetero) is 1. The van der Waals surface area contributed by atoms with E-state index in [2.05, 4.69) is 28.4 Å². The highest BCUT2D eigenvalue weighted by molar-refractivity contribution is 7.90. The Kier molecular flexibility index (Phi) is 9.89. The smallest absolute Gasteiger partial charge is 0.240 e. The van der Waals surface area contributed by atoms with Gasteiger partial charge in [0.05, 0.1) is 29.2 Å². The molecule has 4 aliphatic rings. The minimum atomic E-state index is -3.83. The fourth-order valence-electron chi connectivity index (χ4n) is 7.61.